The molecule has 0 aliphatic carbocycles. The van der Waals surface area contributed by atoms with Crippen LogP contribution in [0.4, 0.5) is 0 Å². The number of hydrogen-bond donors (Lipinski definition) is 0. The smallest absolute Gasteiger partial charge is 0.135 e. The number of aryl methyl sites for hydroxylation is 1. The van der Waals surface area contributed by atoms with Crippen molar-refractivity contribution in [2.45, 2.75) is 53.4 Å². The third-order valence-electron chi connectivity index (χ3n) is 7.08. The van der Waals surface area contributed by atoms with Crippen molar-refractivity contribution in [2.24, 2.45) is 5.92 Å². The molecule has 6 rings (SSSR count). The fraction of sp³-hybridized carbons (Fsp3) is 0.281. The fourth-order valence-electron chi connectivity index (χ4n) is 5.30. The number of pyridine rings is 1. The maximum atomic E-state index is 6.34. The third kappa shape index (κ3) is 3.65. The van der Waals surface area contributed by atoms with Crippen LogP contribution in [0.3, 0.4) is 0 Å². The van der Waals surface area contributed by atoms with Crippen LogP contribution in [0.1, 0.15) is 51.5 Å². The highest BCUT2D eigenvalue weighted by molar-refractivity contribution is 7.26. The van der Waals surface area contributed by atoms with Crippen LogP contribution in [-0.2, 0) is 11.8 Å². The van der Waals surface area contributed by atoms with Crippen molar-refractivity contribution in [1.29, 1.82) is 0 Å². The zero-order valence-corrected chi connectivity index (χ0v) is 22.1. The molecule has 3 heteroatoms. The van der Waals surface area contributed by atoms with Gasteiger partial charge < -0.3 is 4.42 Å². The highest BCUT2D eigenvalue weighted by Gasteiger charge is 2.21. The van der Waals surface area contributed by atoms with Crippen molar-refractivity contribution in [3.63, 3.8) is 0 Å². The molecule has 2 nitrogen and oxygen atoms in total. The largest absolute Gasteiger partial charge is 0.461 e. The number of nitrogens with zero attached hydrogens (tertiary/aromatic N) is 1. The summed E-state index contributed by atoms with van der Waals surface area (Å²) in [7, 11) is 0. The minimum absolute atomic E-state index is 0.0410. The van der Waals surface area contributed by atoms with E-state index in [0.717, 1.165) is 23.5 Å². The summed E-state index contributed by atoms with van der Waals surface area (Å²) < 4.78 is 8.87. The second-order valence-electron chi connectivity index (χ2n) is 11.2. The molecule has 0 unspecified atom stereocenters. The molecule has 3 heterocycles. The highest BCUT2D eigenvalue weighted by atomic mass is 32.1. The molecule has 0 N–H and O–H groups in total. The normalized spacial score (nSPS) is 12.7. The molecule has 0 atom stereocenters. The summed E-state index contributed by atoms with van der Waals surface area (Å²) in [5.74, 6) is 1.69. The molecule has 0 radical (unpaired) electrons. The zero-order valence-electron chi connectivity index (χ0n) is 21.3. The average Bonchev–Trinajstić information content (AvgIpc) is 3.32. The van der Waals surface area contributed by atoms with Crippen molar-refractivity contribution in [3.05, 3.63) is 77.7 Å². The first kappa shape index (κ1) is 22.3. The van der Waals surface area contributed by atoms with E-state index in [1.165, 1.54) is 53.0 Å². The lowest BCUT2D eigenvalue weighted by Crippen LogP contribution is -2.12. The van der Waals surface area contributed by atoms with Crippen LogP contribution >= 0.6 is 11.3 Å². The number of benzene rings is 3. The molecular weight excluding hydrogens is 446 g/mol. The predicted octanol–water partition coefficient (Wildman–Crippen LogP) is 9.82. The Hall–Kier alpha value is -3.17. The fourth-order valence-corrected chi connectivity index (χ4v) is 6.54. The third-order valence-corrected chi connectivity index (χ3v) is 8.26. The molecule has 3 aromatic heterocycles. The van der Waals surface area contributed by atoms with Gasteiger partial charge in [0.2, 0.25) is 0 Å². The summed E-state index contributed by atoms with van der Waals surface area (Å²) in [4.78, 5) is 4.91. The molecular formula is C32H31NOS. The Morgan fingerprint density at radius 1 is 0.914 bits per heavy atom. The van der Waals surface area contributed by atoms with Crippen molar-refractivity contribution in [1.82, 2.24) is 4.98 Å². The van der Waals surface area contributed by atoms with Gasteiger partial charge in [-0.05, 0) is 70.5 Å². The summed E-state index contributed by atoms with van der Waals surface area (Å²) in [6, 6.07) is 20.1. The van der Waals surface area contributed by atoms with E-state index >= 15 is 0 Å². The van der Waals surface area contributed by atoms with Gasteiger partial charge in [0.1, 0.15) is 11.3 Å². The van der Waals surface area contributed by atoms with Gasteiger partial charge in [-0.3, -0.25) is 4.98 Å². The predicted molar refractivity (Wildman–Crippen MR) is 152 cm³/mol. The van der Waals surface area contributed by atoms with E-state index in [-0.39, 0.29) is 5.41 Å². The lowest BCUT2D eigenvalue weighted by Gasteiger charge is -2.22. The van der Waals surface area contributed by atoms with Gasteiger partial charge in [0, 0.05) is 39.0 Å². The summed E-state index contributed by atoms with van der Waals surface area (Å²) in [6.45, 7) is 13.5. The van der Waals surface area contributed by atoms with E-state index in [1.807, 2.05) is 17.5 Å². The molecule has 0 amide bonds. The van der Waals surface area contributed by atoms with E-state index < -0.39 is 0 Å². The summed E-state index contributed by atoms with van der Waals surface area (Å²) in [6.07, 6.45) is 2.93. The van der Waals surface area contributed by atoms with Crippen molar-refractivity contribution in [3.8, 4) is 11.3 Å². The monoisotopic (exact) mass is 477 g/mol. The lowest BCUT2D eigenvalue weighted by molar-refractivity contribution is 0.496. The van der Waals surface area contributed by atoms with Crippen LogP contribution in [0.2, 0.25) is 0 Å². The Balaban J connectivity index is 1.60. The SMILES string of the molecule is Cc1c(CC(C)C)oc2cc3c(cc12)sc1c(-c2cc(C(C)(C)C)c4ccccc4c2)nccc13. The summed E-state index contributed by atoms with van der Waals surface area (Å²) in [5.41, 5.74) is 5.91. The minimum Gasteiger partial charge on any atom is -0.461 e. The molecule has 6 aromatic rings. The molecule has 0 spiro atoms. The molecule has 0 saturated heterocycles. The van der Waals surface area contributed by atoms with E-state index in [0.29, 0.717) is 5.92 Å². The number of fused-ring (bicyclic) bond motifs is 5. The summed E-state index contributed by atoms with van der Waals surface area (Å²) >= 11 is 1.84. The first-order valence-electron chi connectivity index (χ1n) is 12.5. The lowest BCUT2D eigenvalue weighted by atomic mass is 9.82. The molecule has 0 fully saturated rings. The van der Waals surface area contributed by atoms with Gasteiger partial charge in [0.05, 0.1) is 10.4 Å². The van der Waals surface area contributed by atoms with Gasteiger partial charge in [0.25, 0.3) is 0 Å². The van der Waals surface area contributed by atoms with Crippen LogP contribution in [0.15, 0.2) is 65.2 Å². The first-order valence-corrected chi connectivity index (χ1v) is 13.3. The Morgan fingerprint density at radius 3 is 2.49 bits per heavy atom. The molecule has 0 saturated carbocycles. The van der Waals surface area contributed by atoms with Gasteiger partial charge in [-0.1, -0.05) is 58.9 Å². The minimum atomic E-state index is 0.0410. The number of aromatic nitrogens is 1. The Kier molecular flexibility index (Phi) is 5.05. The van der Waals surface area contributed by atoms with E-state index in [2.05, 4.69) is 96.1 Å². The van der Waals surface area contributed by atoms with E-state index in [9.17, 15) is 0 Å². The van der Waals surface area contributed by atoms with E-state index in [1.54, 1.807) is 0 Å². The second kappa shape index (κ2) is 7.93. The maximum Gasteiger partial charge on any atom is 0.135 e. The maximum absolute atomic E-state index is 6.34. The molecule has 0 aliphatic heterocycles. The topological polar surface area (TPSA) is 26.0 Å². The van der Waals surface area contributed by atoms with Crippen LogP contribution in [0.25, 0.3) is 53.2 Å². The zero-order chi connectivity index (χ0) is 24.5. The molecule has 176 valence electrons. The average molecular weight is 478 g/mol. The summed E-state index contributed by atoms with van der Waals surface area (Å²) in [5, 5.41) is 6.32. The highest BCUT2D eigenvalue weighted by Crippen LogP contribution is 2.43. The number of furan rings is 1. The number of hydrogen-bond acceptors (Lipinski definition) is 3. The van der Waals surface area contributed by atoms with Gasteiger partial charge >= 0.3 is 0 Å². The number of rotatable bonds is 3. The molecule has 0 aliphatic rings. The van der Waals surface area contributed by atoms with E-state index in [4.69, 9.17) is 9.40 Å². The Morgan fingerprint density at radius 2 is 1.71 bits per heavy atom. The van der Waals surface area contributed by atoms with Crippen molar-refractivity contribution < 1.29 is 4.42 Å². The molecule has 3 aromatic carbocycles. The Bertz CT molecular complexity index is 1740. The van der Waals surface area contributed by atoms with Crippen LogP contribution in [0, 0.1) is 12.8 Å². The molecule has 0 bridgehead atoms. The van der Waals surface area contributed by atoms with Crippen LogP contribution in [-0.4, -0.2) is 4.98 Å². The van der Waals surface area contributed by atoms with Crippen molar-refractivity contribution >= 4 is 53.3 Å². The molecule has 35 heavy (non-hydrogen) atoms. The first-order chi connectivity index (χ1) is 16.7. The second-order valence-corrected chi connectivity index (χ2v) is 12.3. The van der Waals surface area contributed by atoms with Gasteiger partial charge in [0.15, 0.2) is 0 Å². The van der Waals surface area contributed by atoms with Crippen LogP contribution < -0.4 is 0 Å². The van der Waals surface area contributed by atoms with Gasteiger partial charge in [-0.15, -0.1) is 11.3 Å². The quantitative estimate of drug-likeness (QED) is 0.253. The Labute approximate surface area is 210 Å². The van der Waals surface area contributed by atoms with Gasteiger partial charge in [-0.25, -0.2) is 0 Å². The number of thiophene rings is 1. The standard InChI is InChI=1S/C32H31NOS/c1-18(2)13-27-19(3)24-17-29-25(16-28(24)34-27)23-11-12-33-30(31(23)35-29)21-14-20-9-7-8-10-22(20)26(15-21)32(4,5)6/h7-12,14-18H,13H2,1-6H3. The van der Waals surface area contributed by atoms with Crippen molar-refractivity contribution in [2.75, 3.05) is 0 Å². The van der Waals surface area contributed by atoms with Gasteiger partial charge in [-0.2, -0.15) is 0 Å². The van der Waals surface area contributed by atoms with Crippen LogP contribution in [0.5, 0.6) is 0 Å².